The fourth-order valence-corrected chi connectivity index (χ4v) is 4.65. The van der Waals surface area contributed by atoms with E-state index in [1.807, 2.05) is 0 Å². The van der Waals surface area contributed by atoms with Gasteiger partial charge in [-0.25, -0.2) is 4.98 Å². The SMILES string of the molecule is CCCCn1c(CN(CCc2ccccc2)Cc2ccc(CCC)cc2)cnc1-c1ccccc1. The standard InChI is InChI=1S/C32H39N3/c1-3-5-22-35-31(24-33-32(35)30-15-10-7-11-16-30)26-34(23-21-28-13-8-6-9-14-28)25-29-19-17-27(12-4-2)18-20-29/h6-11,13-20,24H,3-5,12,21-23,25-26H2,1-2H3. The summed E-state index contributed by atoms with van der Waals surface area (Å²) >= 11 is 0. The van der Waals surface area contributed by atoms with Crippen molar-refractivity contribution >= 4 is 0 Å². The van der Waals surface area contributed by atoms with Gasteiger partial charge in [-0.3, -0.25) is 4.90 Å². The van der Waals surface area contributed by atoms with Gasteiger partial charge in [0.25, 0.3) is 0 Å². The molecule has 1 aromatic heterocycles. The number of aromatic nitrogens is 2. The maximum Gasteiger partial charge on any atom is 0.140 e. The molecule has 0 saturated carbocycles. The number of nitrogens with zero attached hydrogens (tertiary/aromatic N) is 3. The molecule has 35 heavy (non-hydrogen) atoms. The molecule has 0 aliphatic heterocycles. The summed E-state index contributed by atoms with van der Waals surface area (Å²) in [5.41, 5.74) is 6.68. The third-order valence-electron chi connectivity index (χ3n) is 6.62. The smallest absolute Gasteiger partial charge is 0.140 e. The minimum atomic E-state index is 0.896. The molecule has 0 bridgehead atoms. The Morgan fingerprint density at radius 1 is 0.686 bits per heavy atom. The molecular formula is C32H39N3. The molecule has 0 fully saturated rings. The molecule has 0 radical (unpaired) electrons. The maximum absolute atomic E-state index is 4.89. The fraction of sp³-hybridized carbons (Fsp3) is 0.344. The van der Waals surface area contributed by atoms with Gasteiger partial charge in [0.2, 0.25) is 0 Å². The second-order valence-electron chi connectivity index (χ2n) is 9.46. The molecule has 0 aliphatic carbocycles. The van der Waals surface area contributed by atoms with E-state index in [2.05, 4.69) is 114 Å². The van der Waals surface area contributed by atoms with Gasteiger partial charge in [0.05, 0.1) is 11.9 Å². The molecule has 0 amide bonds. The van der Waals surface area contributed by atoms with E-state index in [0.717, 1.165) is 51.3 Å². The van der Waals surface area contributed by atoms with Crippen LogP contribution < -0.4 is 0 Å². The zero-order chi connectivity index (χ0) is 24.3. The predicted octanol–water partition coefficient (Wildman–Crippen LogP) is 7.55. The molecule has 3 nitrogen and oxygen atoms in total. The first-order valence-corrected chi connectivity index (χ1v) is 13.2. The molecule has 3 aromatic carbocycles. The van der Waals surface area contributed by atoms with Gasteiger partial charge >= 0.3 is 0 Å². The van der Waals surface area contributed by atoms with E-state index in [1.54, 1.807) is 0 Å². The Kier molecular flexibility index (Phi) is 9.31. The van der Waals surface area contributed by atoms with Crippen molar-refractivity contribution in [2.75, 3.05) is 6.54 Å². The van der Waals surface area contributed by atoms with Crippen molar-refractivity contribution in [3.8, 4) is 11.4 Å². The van der Waals surface area contributed by atoms with Crippen LogP contribution in [0, 0.1) is 0 Å². The second-order valence-corrected chi connectivity index (χ2v) is 9.46. The molecule has 0 unspecified atom stereocenters. The first-order valence-electron chi connectivity index (χ1n) is 13.2. The van der Waals surface area contributed by atoms with Crippen LogP contribution in [0.5, 0.6) is 0 Å². The average Bonchev–Trinajstić information content (AvgIpc) is 3.30. The minimum Gasteiger partial charge on any atom is -0.327 e. The van der Waals surface area contributed by atoms with Gasteiger partial charge in [0.1, 0.15) is 5.82 Å². The van der Waals surface area contributed by atoms with Gasteiger partial charge in [-0.1, -0.05) is 112 Å². The Morgan fingerprint density at radius 2 is 1.34 bits per heavy atom. The Bertz CT molecular complexity index is 1130. The van der Waals surface area contributed by atoms with Crippen LogP contribution in [0.1, 0.15) is 55.5 Å². The average molecular weight is 466 g/mol. The number of unbranched alkanes of at least 4 members (excludes halogenated alkanes) is 1. The van der Waals surface area contributed by atoms with E-state index in [0.29, 0.717) is 0 Å². The fourth-order valence-electron chi connectivity index (χ4n) is 4.65. The summed E-state index contributed by atoms with van der Waals surface area (Å²) in [6, 6.07) is 30.7. The van der Waals surface area contributed by atoms with Gasteiger partial charge in [0, 0.05) is 31.7 Å². The topological polar surface area (TPSA) is 21.1 Å². The first kappa shape index (κ1) is 24.9. The lowest BCUT2D eigenvalue weighted by molar-refractivity contribution is 0.253. The predicted molar refractivity (Wildman–Crippen MR) is 147 cm³/mol. The Labute approximate surface area is 211 Å². The lowest BCUT2D eigenvalue weighted by Crippen LogP contribution is -2.27. The van der Waals surface area contributed by atoms with Gasteiger partial charge in [-0.2, -0.15) is 0 Å². The molecule has 4 aromatic rings. The van der Waals surface area contributed by atoms with Crippen LogP contribution in [0.25, 0.3) is 11.4 Å². The van der Waals surface area contributed by atoms with Gasteiger partial charge in [-0.05, 0) is 36.0 Å². The first-order chi connectivity index (χ1) is 17.3. The zero-order valence-electron chi connectivity index (χ0n) is 21.4. The number of benzene rings is 3. The largest absolute Gasteiger partial charge is 0.327 e. The van der Waals surface area contributed by atoms with Crippen LogP contribution in [-0.4, -0.2) is 21.0 Å². The molecule has 0 aliphatic rings. The Hall–Kier alpha value is -3.17. The molecule has 182 valence electrons. The molecular weight excluding hydrogens is 426 g/mol. The normalized spacial score (nSPS) is 11.3. The quantitative estimate of drug-likeness (QED) is 0.203. The minimum absolute atomic E-state index is 0.896. The van der Waals surface area contributed by atoms with E-state index in [-0.39, 0.29) is 0 Å². The monoisotopic (exact) mass is 465 g/mol. The third kappa shape index (κ3) is 7.16. The van der Waals surface area contributed by atoms with Crippen molar-refractivity contribution in [2.24, 2.45) is 0 Å². The number of aryl methyl sites for hydroxylation is 1. The molecule has 0 N–H and O–H groups in total. The van der Waals surface area contributed by atoms with E-state index in [1.165, 1.54) is 40.8 Å². The summed E-state index contributed by atoms with van der Waals surface area (Å²) in [7, 11) is 0. The highest BCUT2D eigenvalue weighted by Crippen LogP contribution is 2.22. The van der Waals surface area contributed by atoms with E-state index in [4.69, 9.17) is 4.98 Å². The van der Waals surface area contributed by atoms with Crippen molar-refractivity contribution < 1.29 is 0 Å². The number of hydrogen-bond donors (Lipinski definition) is 0. The van der Waals surface area contributed by atoms with Gasteiger partial charge in [0.15, 0.2) is 0 Å². The lowest BCUT2D eigenvalue weighted by Gasteiger charge is -2.24. The summed E-state index contributed by atoms with van der Waals surface area (Å²) in [5.74, 6) is 1.08. The highest BCUT2D eigenvalue weighted by atomic mass is 15.2. The summed E-state index contributed by atoms with van der Waals surface area (Å²) in [6.45, 7) is 8.36. The van der Waals surface area contributed by atoms with Crippen LogP contribution in [0.2, 0.25) is 0 Å². The summed E-state index contributed by atoms with van der Waals surface area (Å²) < 4.78 is 2.44. The van der Waals surface area contributed by atoms with Crippen molar-refractivity contribution in [2.45, 2.75) is 65.6 Å². The molecule has 0 atom stereocenters. The van der Waals surface area contributed by atoms with Gasteiger partial charge < -0.3 is 4.57 Å². The van der Waals surface area contributed by atoms with E-state index >= 15 is 0 Å². The zero-order valence-corrected chi connectivity index (χ0v) is 21.4. The molecule has 1 heterocycles. The molecule has 0 saturated heterocycles. The van der Waals surface area contributed by atoms with Crippen LogP contribution in [0.15, 0.2) is 91.1 Å². The summed E-state index contributed by atoms with van der Waals surface area (Å²) in [5, 5.41) is 0. The Morgan fingerprint density at radius 3 is 2.03 bits per heavy atom. The summed E-state index contributed by atoms with van der Waals surface area (Å²) in [4.78, 5) is 7.47. The van der Waals surface area contributed by atoms with Crippen LogP contribution >= 0.6 is 0 Å². The van der Waals surface area contributed by atoms with E-state index < -0.39 is 0 Å². The molecule has 0 spiro atoms. The highest BCUT2D eigenvalue weighted by molar-refractivity contribution is 5.55. The molecule has 3 heteroatoms. The number of hydrogen-bond acceptors (Lipinski definition) is 2. The lowest BCUT2D eigenvalue weighted by atomic mass is 10.1. The second kappa shape index (κ2) is 13.1. The van der Waals surface area contributed by atoms with Crippen molar-refractivity contribution in [1.82, 2.24) is 14.5 Å². The van der Waals surface area contributed by atoms with Crippen molar-refractivity contribution in [3.05, 3.63) is 114 Å². The van der Waals surface area contributed by atoms with Crippen LogP contribution in [0.4, 0.5) is 0 Å². The van der Waals surface area contributed by atoms with Crippen LogP contribution in [0.3, 0.4) is 0 Å². The van der Waals surface area contributed by atoms with Gasteiger partial charge in [-0.15, -0.1) is 0 Å². The Balaban J connectivity index is 1.57. The summed E-state index contributed by atoms with van der Waals surface area (Å²) in [6.07, 6.45) is 7.81. The van der Waals surface area contributed by atoms with Crippen molar-refractivity contribution in [1.29, 1.82) is 0 Å². The van der Waals surface area contributed by atoms with Crippen molar-refractivity contribution in [3.63, 3.8) is 0 Å². The van der Waals surface area contributed by atoms with E-state index in [9.17, 15) is 0 Å². The molecule has 4 rings (SSSR count). The third-order valence-corrected chi connectivity index (χ3v) is 6.62. The number of rotatable bonds is 13. The number of imidazole rings is 1. The van der Waals surface area contributed by atoms with Crippen LogP contribution in [-0.2, 0) is 32.5 Å². The maximum atomic E-state index is 4.89. The highest BCUT2D eigenvalue weighted by Gasteiger charge is 2.15.